The molecule has 0 aliphatic carbocycles. The Balaban J connectivity index is 1.64. The van der Waals surface area contributed by atoms with Crippen LogP contribution in [0.1, 0.15) is 32.6 Å². The summed E-state index contributed by atoms with van der Waals surface area (Å²) in [5.74, 6) is 0.179. The van der Waals surface area contributed by atoms with Crippen molar-refractivity contribution in [2.24, 2.45) is 0 Å². The first-order chi connectivity index (χ1) is 13.7. The summed E-state index contributed by atoms with van der Waals surface area (Å²) in [5, 5.41) is 18.3. The summed E-state index contributed by atoms with van der Waals surface area (Å²) in [6.45, 7) is 0.124. The van der Waals surface area contributed by atoms with E-state index in [2.05, 4.69) is 17.1 Å². The van der Waals surface area contributed by atoms with E-state index in [1.165, 1.54) is 11.8 Å². The third-order valence-corrected chi connectivity index (χ3v) is 4.98. The fourth-order valence-corrected chi connectivity index (χ4v) is 3.33. The number of pyridine rings is 1. The highest BCUT2D eigenvalue weighted by atomic mass is 32.2. The molecular formula is C22H15N3O2S. The Morgan fingerprint density at radius 1 is 0.929 bits per heavy atom. The van der Waals surface area contributed by atoms with Crippen molar-refractivity contribution in [3.63, 3.8) is 0 Å². The van der Waals surface area contributed by atoms with Gasteiger partial charge in [0.25, 0.3) is 0 Å². The minimum atomic E-state index is -0.445. The van der Waals surface area contributed by atoms with Gasteiger partial charge in [-0.15, -0.1) is 11.8 Å². The van der Waals surface area contributed by atoms with Crippen molar-refractivity contribution in [3.8, 4) is 12.1 Å². The number of carbonyl (C=O) groups excluding carboxylic acids is 1. The third-order valence-electron chi connectivity index (χ3n) is 3.90. The van der Waals surface area contributed by atoms with Gasteiger partial charge in [-0.1, -0.05) is 24.3 Å². The van der Waals surface area contributed by atoms with Crippen molar-refractivity contribution in [2.45, 2.75) is 17.4 Å². The van der Waals surface area contributed by atoms with Crippen LogP contribution < -0.4 is 0 Å². The van der Waals surface area contributed by atoms with E-state index >= 15 is 0 Å². The van der Waals surface area contributed by atoms with Gasteiger partial charge in [-0.05, 0) is 47.5 Å². The zero-order chi connectivity index (χ0) is 19.8. The summed E-state index contributed by atoms with van der Waals surface area (Å²) < 4.78 is 5.40. The molecule has 6 heteroatoms. The summed E-state index contributed by atoms with van der Waals surface area (Å²) >= 11 is 1.44. The van der Waals surface area contributed by atoms with E-state index < -0.39 is 5.97 Å². The van der Waals surface area contributed by atoms with Crippen LogP contribution in [-0.2, 0) is 17.1 Å². The average Bonchev–Trinajstić information content (AvgIpc) is 2.77. The number of hydrogen-bond donors (Lipinski definition) is 0. The van der Waals surface area contributed by atoms with E-state index in [9.17, 15) is 4.79 Å². The number of esters is 1. The molecule has 136 valence electrons. The molecule has 0 atom stereocenters. The molecular weight excluding hydrogens is 370 g/mol. The maximum Gasteiger partial charge on any atom is 0.341 e. The monoisotopic (exact) mass is 385 g/mol. The van der Waals surface area contributed by atoms with E-state index in [4.69, 9.17) is 15.3 Å². The van der Waals surface area contributed by atoms with Gasteiger partial charge in [0.05, 0.1) is 28.8 Å². The fourth-order valence-electron chi connectivity index (χ4n) is 2.39. The molecule has 3 rings (SSSR count). The van der Waals surface area contributed by atoms with Crippen molar-refractivity contribution in [1.29, 1.82) is 10.5 Å². The SMILES string of the molecule is N#Cc1ccc(COC(=O)c2cccnc2SCc2ccc(C#N)cc2)cc1. The van der Waals surface area contributed by atoms with Crippen molar-refractivity contribution >= 4 is 17.7 Å². The van der Waals surface area contributed by atoms with E-state index in [0.29, 0.717) is 27.5 Å². The van der Waals surface area contributed by atoms with Gasteiger partial charge in [-0.2, -0.15) is 10.5 Å². The second kappa shape index (κ2) is 9.36. The number of ether oxygens (including phenoxy) is 1. The number of carbonyl (C=O) groups is 1. The van der Waals surface area contributed by atoms with Crippen LogP contribution in [0.15, 0.2) is 71.9 Å². The highest BCUT2D eigenvalue weighted by molar-refractivity contribution is 7.98. The first-order valence-electron chi connectivity index (χ1n) is 8.42. The molecule has 0 aliphatic rings. The molecule has 0 fully saturated rings. The number of nitriles is 2. The van der Waals surface area contributed by atoms with Crippen molar-refractivity contribution in [1.82, 2.24) is 4.98 Å². The van der Waals surface area contributed by atoms with Crippen molar-refractivity contribution in [3.05, 3.63) is 94.7 Å². The lowest BCUT2D eigenvalue weighted by molar-refractivity contribution is 0.0467. The summed E-state index contributed by atoms with van der Waals surface area (Å²) in [6, 6.07) is 21.7. The smallest absolute Gasteiger partial charge is 0.341 e. The Labute approximate surface area is 167 Å². The predicted molar refractivity (Wildman–Crippen MR) is 105 cm³/mol. The lowest BCUT2D eigenvalue weighted by Crippen LogP contribution is -2.07. The Bertz CT molecular complexity index is 1050. The Morgan fingerprint density at radius 3 is 2.14 bits per heavy atom. The molecule has 0 N–H and O–H groups in total. The van der Waals surface area contributed by atoms with Crippen LogP contribution in [0.2, 0.25) is 0 Å². The largest absolute Gasteiger partial charge is 0.457 e. The zero-order valence-electron chi connectivity index (χ0n) is 14.8. The van der Waals surface area contributed by atoms with Crippen LogP contribution in [-0.4, -0.2) is 11.0 Å². The molecule has 0 aliphatic heterocycles. The quantitative estimate of drug-likeness (QED) is 0.459. The molecule has 1 aromatic heterocycles. The highest BCUT2D eigenvalue weighted by Crippen LogP contribution is 2.25. The summed E-state index contributed by atoms with van der Waals surface area (Å²) in [5.41, 5.74) is 3.42. The van der Waals surface area contributed by atoms with Gasteiger partial charge in [0.15, 0.2) is 0 Å². The second-order valence-corrected chi connectivity index (χ2v) is 6.80. The molecule has 3 aromatic rings. The summed E-state index contributed by atoms with van der Waals surface area (Å²) in [7, 11) is 0. The lowest BCUT2D eigenvalue weighted by atomic mass is 10.1. The fraction of sp³-hybridized carbons (Fsp3) is 0.0909. The molecule has 1 heterocycles. The van der Waals surface area contributed by atoms with Gasteiger partial charge in [0.2, 0.25) is 0 Å². The molecule has 0 saturated carbocycles. The number of benzene rings is 2. The van der Waals surface area contributed by atoms with Crippen LogP contribution in [0.3, 0.4) is 0 Å². The van der Waals surface area contributed by atoms with Gasteiger partial charge in [0.1, 0.15) is 11.6 Å². The van der Waals surface area contributed by atoms with E-state index in [1.807, 2.05) is 12.1 Å². The van der Waals surface area contributed by atoms with Gasteiger partial charge in [-0.25, -0.2) is 9.78 Å². The standard InChI is InChI=1S/C22H15N3O2S/c23-12-16-3-7-18(8-4-16)14-27-22(26)20-2-1-11-25-21(20)28-15-19-9-5-17(13-24)6-10-19/h1-11H,14-15H2. The number of hydrogen-bond acceptors (Lipinski definition) is 6. The lowest BCUT2D eigenvalue weighted by Gasteiger charge is -2.09. The minimum absolute atomic E-state index is 0.124. The third kappa shape index (κ3) is 4.97. The molecule has 0 radical (unpaired) electrons. The van der Waals surface area contributed by atoms with E-state index in [-0.39, 0.29) is 6.61 Å². The molecule has 0 unspecified atom stereocenters. The minimum Gasteiger partial charge on any atom is -0.457 e. The Kier molecular flexibility index (Phi) is 6.41. The topological polar surface area (TPSA) is 86.8 Å². The molecule has 0 saturated heterocycles. The molecule has 2 aromatic carbocycles. The van der Waals surface area contributed by atoms with Crippen molar-refractivity contribution in [2.75, 3.05) is 0 Å². The predicted octanol–water partition coefficient (Wildman–Crippen LogP) is 4.47. The van der Waals surface area contributed by atoms with Crippen LogP contribution in [0, 0.1) is 22.7 Å². The van der Waals surface area contributed by atoms with Crippen molar-refractivity contribution < 1.29 is 9.53 Å². The summed E-state index contributed by atoms with van der Waals surface area (Å²) in [6.07, 6.45) is 1.64. The zero-order valence-corrected chi connectivity index (χ0v) is 15.6. The maximum atomic E-state index is 12.5. The van der Waals surface area contributed by atoms with Crippen LogP contribution in [0.25, 0.3) is 0 Å². The first kappa shape index (κ1) is 19.2. The van der Waals surface area contributed by atoms with Crippen LogP contribution >= 0.6 is 11.8 Å². The molecule has 0 amide bonds. The number of rotatable bonds is 6. The maximum absolute atomic E-state index is 12.5. The second-order valence-electron chi connectivity index (χ2n) is 5.84. The van der Waals surface area contributed by atoms with Gasteiger partial charge >= 0.3 is 5.97 Å². The Morgan fingerprint density at radius 2 is 1.54 bits per heavy atom. The molecule has 0 spiro atoms. The molecule has 28 heavy (non-hydrogen) atoms. The van der Waals surface area contributed by atoms with Gasteiger partial charge in [0, 0.05) is 11.9 Å². The average molecular weight is 385 g/mol. The summed E-state index contributed by atoms with van der Waals surface area (Å²) in [4.78, 5) is 16.8. The number of nitrogens with zero attached hydrogens (tertiary/aromatic N) is 3. The Hall–Kier alpha value is -3.61. The molecule has 5 nitrogen and oxygen atoms in total. The first-order valence-corrected chi connectivity index (χ1v) is 9.41. The van der Waals surface area contributed by atoms with Crippen LogP contribution in [0.4, 0.5) is 0 Å². The normalized spacial score (nSPS) is 9.93. The van der Waals surface area contributed by atoms with Gasteiger partial charge < -0.3 is 4.74 Å². The van der Waals surface area contributed by atoms with Crippen LogP contribution in [0.5, 0.6) is 0 Å². The highest BCUT2D eigenvalue weighted by Gasteiger charge is 2.14. The van der Waals surface area contributed by atoms with Gasteiger partial charge in [-0.3, -0.25) is 0 Å². The molecule has 0 bridgehead atoms. The van der Waals surface area contributed by atoms with E-state index in [0.717, 1.165) is 11.1 Å². The van der Waals surface area contributed by atoms with E-state index in [1.54, 1.807) is 54.7 Å². The number of thioether (sulfide) groups is 1. The number of aromatic nitrogens is 1.